The zero-order chi connectivity index (χ0) is 20.8. The number of rotatable bonds is 13. The Morgan fingerprint density at radius 1 is 1.21 bits per heavy atom. The van der Waals surface area contributed by atoms with E-state index in [1.54, 1.807) is 6.08 Å². The van der Waals surface area contributed by atoms with Crippen LogP contribution in [-0.4, -0.2) is 30.9 Å². The minimum Gasteiger partial charge on any atom is -0.469 e. The molecule has 5 nitrogen and oxygen atoms in total. The number of hydrogen-bond donors (Lipinski definition) is 0. The maximum atomic E-state index is 12.2. The van der Waals surface area contributed by atoms with Gasteiger partial charge in [-0.1, -0.05) is 44.1 Å². The van der Waals surface area contributed by atoms with Crippen molar-refractivity contribution in [2.24, 2.45) is 11.8 Å². The summed E-state index contributed by atoms with van der Waals surface area (Å²) in [5, 5.41) is 0. The van der Waals surface area contributed by atoms with Crippen LogP contribution in [0.4, 0.5) is 0 Å². The second kappa shape index (κ2) is 13.9. The van der Waals surface area contributed by atoms with Crippen LogP contribution in [0.15, 0.2) is 36.5 Å². The second-order valence-electron chi connectivity index (χ2n) is 7.15. The largest absolute Gasteiger partial charge is 0.469 e. The Bertz CT molecular complexity index is 588. The maximum Gasteiger partial charge on any atom is 0.305 e. The van der Waals surface area contributed by atoms with Gasteiger partial charge in [-0.15, -0.1) is 0 Å². The van der Waals surface area contributed by atoms with E-state index in [4.69, 9.17) is 4.74 Å². The van der Waals surface area contributed by atoms with Crippen LogP contribution in [0.25, 0.3) is 0 Å². The summed E-state index contributed by atoms with van der Waals surface area (Å²) < 4.78 is 10.00. The Kier molecular flexibility index (Phi) is 11.9. The molecule has 0 aromatic rings. The third-order valence-corrected chi connectivity index (χ3v) is 4.81. The summed E-state index contributed by atoms with van der Waals surface area (Å²) in [6, 6.07) is 0. The molecule has 0 N–H and O–H groups in total. The van der Waals surface area contributed by atoms with E-state index >= 15 is 0 Å². The van der Waals surface area contributed by atoms with Crippen molar-refractivity contribution in [1.29, 1.82) is 0 Å². The van der Waals surface area contributed by atoms with Crippen molar-refractivity contribution in [1.82, 2.24) is 0 Å². The molecule has 0 saturated carbocycles. The van der Waals surface area contributed by atoms with Gasteiger partial charge in [-0.05, 0) is 44.3 Å². The number of unbranched alkanes of at least 4 members (excludes halogenated alkanes) is 3. The minimum absolute atomic E-state index is 0.0245. The number of allylic oxidation sites excluding steroid dienone is 5. The van der Waals surface area contributed by atoms with Gasteiger partial charge in [0.05, 0.1) is 7.11 Å². The second-order valence-corrected chi connectivity index (χ2v) is 7.15. The average molecular weight is 391 g/mol. The summed E-state index contributed by atoms with van der Waals surface area (Å²) in [5.41, 5.74) is 0. The highest BCUT2D eigenvalue weighted by Gasteiger charge is 2.27. The average Bonchev–Trinajstić information content (AvgIpc) is 3.01. The molecular weight excluding hydrogens is 356 g/mol. The van der Waals surface area contributed by atoms with Crippen LogP contribution in [0.1, 0.15) is 65.2 Å². The zero-order valence-electron chi connectivity index (χ0n) is 17.4. The molecule has 0 aromatic heterocycles. The van der Waals surface area contributed by atoms with Crippen LogP contribution >= 0.6 is 0 Å². The number of ether oxygens (including phenoxy) is 2. The van der Waals surface area contributed by atoms with Gasteiger partial charge in [0.1, 0.15) is 6.10 Å². The first-order valence-electron chi connectivity index (χ1n) is 10.3. The van der Waals surface area contributed by atoms with Crippen molar-refractivity contribution < 1.29 is 23.9 Å². The van der Waals surface area contributed by atoms with Crippen LogP contribution < -0.4 is 0 Å². The normalized spacial score (nSPS) is 20.2. The molecule has 1 rings (SSSR count). The number of carbonyl (C=O) groups is 3. The first-order valence-corrected chi connectivity index (χ1v) is 10.3. The highest BCUT2D eigenvalue weighted by Crippen LogP contribution is 2.28. The molecule has 0 bridgehead atoms. The molecule has 0 fully saturated rings. The Morgan fingerprint density at radius 2 is 2.00 bits per heavy atom. The lowest BCUT2D eigenvalue weighted by molar-refractivity contribution is -0.144. The summed E-state index contributed by atoms with van der Waals surface area (Å²) in [6.45, 7) is 3.56. The molecule has 3 atom stereocenters. The van der Waals surface area contributed by atoms with Crippen molar-refractivity contribution in [2.45, 2.75) is 71.3 Å². The minimum atomic E-state index is -0.282. The van der Waals surface area contributed by atoms with E-state index in [1.807, 2.05) is 30.4 Å². The van der Waals surface area contributed by atoms with Crippen molar-refractivity contribution in [3.8, 4) is 0 Å². The van der Waals surface area contributed by atoms with E-state index < -0.39 is 0 Å². The van der Waals surface area contributed by atoms with E-state index in [2.05, 4.69) is 11.7 Å². The molecule has 0 heterocycles. The number of ketones is 1. The van der Waals surface area contributed by atoms with Crippen LogP contribution in [-0.2, 0) is 23.9 Å². The Morgan fingerprint density at radius 3 is 2.68 bits per heavy atom. The molecule has 0 unspecified atom stereocenters. The molecule has 0 aliphatic heterocycles. The molecule has 1 aliphatic rings. The van der Waals surface area contributed by atoms with E-state index in [-0.39, 0.29) is 35.7 Å². The smallest absolute Gasteiger partial charge is 0.305 e. The lowest BCUT2D eigenvalue weighted by atomic mass is 9.90. The predicted molar refractivity (Wildman–Crippen MR) is 110 cm³/mol. The van der Waals surface area contributed by atoms with Gasteiger partial charge in [-0.2, -0.15) is 0 Å². The topological polar surface area (TPSA) is 69.7 Å². The molecule has 5 heteroatoms. The highest BCUT2D eigenvalue weighted by molar-refractivity contribution is 5.95. The number of hydrogen-bond acceptors (Lipinski definition) is 5. The monoisotopic (exact) mass is 390 g/mol. The van der Waals surface area contributed by atoms with Crippen LogP contribution in [0, 0.1) is 11.8 Å². The fraction of sp³-hybridized carbons (Fsp3) is 0.609. The van der Waals surface area contributed by atoms with Gasteiger partial charge in [0.25, 0.3) is 0 Å². The summed E-state index contributed by atoms with van der Waals surface area (Å²) >= 11 is 0. The van der Waals surface area contributed by atoms with Gasteiger partial charge in [0.15, 0.2) is 5.78 Å². The summed E-state index contributed by atoms with van der Waals surface area (Å²) in [6.07, 6.45) is 17.9. The molecule has 0 radical (unpaired) electrons. The maximum absolute atomic E-state index is 12.2. The lowest BCUT2D eigenvalue weighted by Crippen LogP contribution is -2.16. The molecule has 0 spiro atoms. The standard InChI is InChI=1S/C23H34O5/c1-4-5-8-11-20(28-18(2)24)16-14-19-15-17-22(25)21(19)12-9-6-7-10-13-23(26)27-3/h6,9,14-17,19-21H,4-5,7-8,10-13H2,1-3H3/b9-6-,16-14+/t19-,20+,21+/m0/s1. The van der Waals surface area contributed by atoms with Gasteiger partial charge in [0, 0.05) is 25.2 Å². The third kappa shape index (κ3) is 9.67. The first-order chi connectivity index (χ1) is 13.5. The first kappa shape index (κ1) is 23.9. The highest BCUT2D eigenvalue weighted by atomic mass is 16.5. The molecule has 28 heavy (non-hydrogen) atoms. The Hall–Kier alpha value is -2.17. The molecular formula is C23H34O5. The molecule has 156 valence electrons. The van der Waals surface area contributed by atoms with E-state index in [0.717, 1.165) is 38.5 Å². The zero-order valence-corrected chi connectivity index (χ0v) is 17.4. The SMILES string of the molecule is CCCCC[C@H](/C=C/[C@H]1C=CC(=O)[C@@H]1C/C=C\CCCC(=O)OC)OC(C)=O. The van der Waals surface area contributed by atoms with Gasteiger partial charge >= 0.3 is 11.9 Å². The van der Waals surface area contributed by atoms with Crippen molar-refractivity contribution in [2.75, 3.05) is 7.11 Å². The van der Waals surface area contributed by atoms with E-state index in [1.165, 1.54) is 14.0 Å². The van der Waals surface area contributed by atoms with Crippen LogP contribution in [0.5, 0.6) is 0 Å². The third-order valence-electron chi connectivity index (χ3n) is 4.81. The van der Waals surface area contributed by atoms with Crippen LogP contribution in [0.3, 0.4) is 0 Å². The van der Waals surface area contributed by atoms with Gasteiger partial charge in [-0.3, -0.25) is 14.4 Å². The molecule has 0 amide bonds. The summed E-state index contributed by atoms with van der Waals surface area (Å²) in [7, 11) is 1.39. The lowest BCUT2D eigenvalue weighted by Gasteiger charge is -2.16. The Balaban J connectivity index is 2.53. The van der Waals surface area contributed by atoms with E-state index in [9.17, 15) is 14.4 Å². The van der Waals surface area contributed by atoms with Crippen molar-refractivity contribution in [3.63, 3.8) is 0 Å². The van der Waals surface area contributed by atoms with E-state index in [0.29, 0.717) is 12.8 Å². The summed E-state index contributed by atoms with van der Waals surface area (Å²) in [4.78, 5) is 34.6. The fourth-order valence-corrected chi connectivity index (χ4v) is 3.21. The quantitative estimate of drug-likeness (QED) is 0.259. The Labute approximate surface area is 168 Å². The fourth-order valence-electron chi connectivity index (χ4n) is 3.21. The van der Waals surface area contributed by atoms with Gasteiger partial charge in [0.2, 0.25) is 0 Å². The van der Waals surface area contributed by atoms with Gasteiger partial charge < -0.3 is 9.47 Å². The number of esters is 2. The molecule has 1 aliphatic carbocycles. The van der Waals surface area contributed by atoms with Crippen LogP contribution in [0.2, 0.25) is 0 Å². The van der Waals surface area contributed by atoms with Crippen molar-refractivity contribution in [3.05, 3.63) is 36.5 Å². The number of methoxy groups -OCH3 is 1. The molecule has 0 saturated heterocycles. The number of carbonyl (C=O) groups excluding carboxylic acids is 3. The van der Waals surface area contributed by atoms with Gasteiger partial charge in [-0.25, -0.2) is 0 Å². The summed E-state index contributed by atoms with van der Waals surface area (Å²) in [5.74, 6) is -0.437. The van der Waals surface area contributed by atoms with Crippen molar-refractivity contribution >= 4 is 17.7 Å². The predicted octanol–water partition coefficient (Wildman–Crippen LogP) is 4.72. The molecule has 0 aromatic carbocycles.